The Bertz CT molecular complexity index is 488. The molecule has 0 atom stereocenters. The summed E-state index contributed by atoms with van der Waals surface area (Å²) < 4.78 is 0. The number of aromatic nitrogens is 2. The molecule has 0 aliphatic heterocycles. The van der Waals surface area contributed by atoms with Gasteiger partial charge in [0.05, 0.1) is 0 Å². The van der Waals surface area contributed by atoms with E-state index < -0.39 is 0 Å². The molecule has 0 aliphatic rings. The number of anilines is 2. The van der Waals surface area contributed by atoms with Crippen LogP contribution in [0.4, 0.5) is 11.5 Å². The van der Waals surface area contributed by atoms with Crippen LogP contribution < -0.4 is 11.1 Å². The van der Waals surface area contributed by atoms with Gasteiger partial charge in [-0.2, -0.15) is 0 Å². The maximum absolute atomic E-state index is 5.79. The summed E-state index contributed by atoms with van der Waals surface area (Å²) in [5, 5.41) is 3.42. The zero-order valence-electron chi connectivity index (χ0n) is 11.2. The largest absolute Gasteiger partial charge is 0.393 e. The number of nitrogens with two attached hydrogens (primary N) is 1. The summed E-state index contributed by atoms with van der Waals surface area (Å²) in [6, 6.07) is 10.2. The Morgan fingerprint density at radius 3 is 2.53 bits per heavy atom. The molecule has 1 aromatic carbocycles. The summed E-state index contributed by atoms with van der Waals surface area (Å²) in [6.45, 7) is 4.75. The fourth-order valence-corrected chi connectivity index (χ4v) is 1.62. The van der Waals surface area contributed by atoms with Crippen LogP contribution in [0.25, 0.3) is 0 Å². The average Bonchev–Trinajstić information content (AvgIpc) is 2.47. The van der Waals surface area contributed by atoms with Gasteiger partial charge in [0.25, 0.3) is 0 Å². The maximum Gasteiger partial charge on any atom is 0.157 e. The molecule has 0 bridgehead atoms. The quantitative estimate of drug-likeness (QED) is 0.842. The molecule has 2 rings (SSSR count). The van der Waals surface area contributed by atoms with Crippen LogP contribution in [0.5, 0.6) is 0 Å². The Kier molecular flexibility index (Phi) is 6.68. The van der Waals surface area contributed by atoms with E-state index in [1.165, 1.54) is 11.9 Å². The molecule has 0 radical (unpaired) electrons. The van der Waals surface area contributed by atoms with E-state index in [-0.39, 0.29) is 5.15 Å². The second-order valence-corrected chi connectivity index (χ2v) is 3.95. The first-order chi connectivity index (χ1) is 9.27. The molecule has 0 amide bonds. The molecule has 1 aromatic heterocycles. The van der Waals surface area contributed by atoms with E-state index in [0.29, 0.717) is 11.5 Å². The van der Waals surface area contributed by atoms with Crippen LogP contribution in [0.15, 0.2) is 36.7 Å². The number of halogens is 1. The van der Waals surface area contributed by atoms with Crippen molar-refractivity contribution in [1.82, 2.24) is 9.97 Å². The maximum atomic E-state index is 5.79. The molecule has 102 valence electrons. The van der Waals surface area contributed by atoms with Crippen LogP contribution in [0.2, 0.25) is 5.15 Å². The molecule has 0 aliphatic carbocycles. The Morgan fingerprint density at radius 2 is 1.84 bits per heavy atom. The third-order valence-corrected chi connectivity index (χ3v) is 2.69. The Labute approximate surface area is 119 Å². The lowest BCUT2D eigenvalue weighted by molar-refractivity contribution is 1.00. The number of hydrogen-bond acceptors (Lipinski definition) is 4. The highest BCUT2D eigenvalue weighted by molar-refractivity contribution is 6.32. The zero-order chi connectivity index (χ0) is 14.1. The first-order valence-electron chi connectivity index (χ1n) is 6.31. The molecule has 0 fully saturated rings. The number of nitrogen functional groups attached to an aromatic ring is 1. The molecule has 0 saturated heterocycles. The van der Waals surface area contributed by atoms with Gasteiger partial charge < -0.3 is 11.1 Å². The van der Waals surface area contributed by atoms with Crippen molar-refractivity contribution in [2.24, 2.45) is 0 Å². The van der Waals surface area contributed by atoms with E-state index in [1.54, 1.807) is 0 Å². The monoisotopic (exact) mass is 278 g/mol. The van der Waals surface area contributed by atoms with Crippen molar-refractivity contribution in [2.45, 2.75) is 20.3 Å². The molecule has 0 saturated carbocycles. The van der Waals surface area contributed by atoms with Gasteiger partial charge in [0.15, 0.2) is 11.0 Å². The van der Waals surface area contributed by atoms with E-state index in [9.17, 15) is 0 Å². The Hall–Kier alpha value is -1.81. The first kappa shape index (κ1) is 15.2. The first-order valence-corrected chi connectivity index (χ1v) is 6.69. The average molecular weight is 279 g/mol. The van der Waals surface area contributed by atoms with Gasteiger partial charge in [0.1, 0.15) is 12.0 Å². The SMILES string of the molecule is CC.Nc1c(Cl)ncnc1NCCc1ccccc1. The summed E-state index contributed by atoms with van der Waals surface area (Å²) in [7, 11) is 0. The van der Waals surface area contributed by atoms with Gasteiger partial charge in [-0.1, -0.05) is 55.8 Å². The van der Waals surface area contributed by atoms with Gasteiger partial charge in [0.2, 0.25) is 0 Å². The summed E-state index contributed by atoms with van der Waals surface area (Å²) in [5.74, 6) is 0.584. The molecule has 3 N–H and O–H groups in total. The summed E-state index contributed by atoms with van der Waals surface area (Å²) in [5.41, 5.74) is 7.40. The Balaban J connectivity index is 0.000000861. The number of nitrogens with zero attached hydrogens (tertiary/aromatic N) is 2. The minimum Gasteiger partial charge on any atom is -0.393 e. The van der Waals surface area contributed by atoms with Gasteiger partial charge in [-0.3, -0.25) is 0 Å². The summed E-state index contributed by atoms with van der Waals surface area (Å²) >= 11 is 5.79. The van der Waals surface area contributed by atoms with Crippen molar-refractivity contribution in [3.63, 3.8) is 0 Å². The topological polar surface area (TPSA) is 63.8 Å². The van der Waals surface area contributed by atoms with Gasteiger partial charge in [-0.05, 0) is 12.0 Å². The van der Waals surface area contributed by atoms with Crippen molar-refractivity contribution >= 4 is 23.1 Å². The Morgan fingerprint density at radius 1 is 1.16 bits per heavy atom. The van der Waals surface area contributed by atoms with Crippen LogP contribution in [-0.4, -0.2) is 16.5 Å². The van der Waals surface area contributed by atoms with E-state index in [2.05, 4.69) is 27.4 Å². The van der Waals surface area contributed by atoms with Crippen LogP contribution >= 0.6 is 11.6 Å². The fraction of sp³-hybridized carbons (Fsp3) is 0.286. The van der Waals surface area contributed by atoms with Gasteiger partial charge in [0, 0.05) is 6.54 Å². The molecule has 0 unspecified atom stereocenters. The minimum absolute atomic E-state index is 0.280. The van der Waals surface area contributed by atoms with E-state index in [0.717, 1.165) is 13.0 Å². The lowest BCUT2D eigenvalue weighted by atomic mass is 10.1. The lowest BCUT2D eigenvalue weighted by Gasteiger charge is -2.08. The number of hydrogen-bond donors (Lipinski definition) is 2. The van der Waals surface area contributed by atoms with E-state index >= 15 is 0 Å². The highest BCUT2D eigenvalue weighted by Crippen LogP contribution is 2.21. The molecule has 19 heavy (non-hydrogen) atoms. The molecule has 0 spiro atoms. The number of rotatable bonds is 4. The van der Waals surface area contributed by atoms with Gasteiger partial charge in [-0.15, -0.1) is 0 Å². The highest BCUT2D eigenvalue weighted by atomic mass is 35.5. The van der Waals surface area contributed by atoms with Crippen LogP contribution in [0.3, 0.4) is 0 Å². The highest BCUT2D eigenvalue weighted by Gasteiger charge is 2.04. The van der Waals surface area contributed by atoms with Crippen molar-refractivity contribution in [3.05, 3.63) is 47.4 Å². The number of benzene rings is 1. The molecular formula is C14H19ClN4. The second kappa shape index (κ2) is 8.32. The van der Waals surface area contributed by atoms with Crippen molar-refractivity contribution in [2.75, 3.05) is 17.6 Å². The van der Waals surface area contributed by atoms with Crippen LogP contribution in [0.1, 0.15) is 19.4 Å². The van der Waals surface area contributed by atoms with Crippen molar-refractivity contribution < 1.29 is 0 Å². The molecule has 5 heteroatoms. The lowest BCUT2D eigenvalue weighted by Crippen LogP contribution is -2.09. The molecule has 4 nitrogen and oxygen atoms in total. The van der Waals surface area contributed by atoms with Crippen LogP contribution in [-0.2, 0) is 6.42 Å². The molecule has 1 heterocycles. The van der Waals surface area contributed by atoms with Crippen molar-refractivity contribution in [3.8, 4) is 0 Å². The number of nitrogens with one attached hydrogen (secondary N) is 1. The summed E-state index contributed by atoms with van der Waals surface area (Å²) in [4.78, 5) is 7.83. The third-order valence-electron chi connectivity index (χ3n) is 2.38. The fourth-order valence-electron chi connectivity index (χ4n) is 1.48. The standard InChI is InChI=1S/C12H13ClN4.C2H6/c13-11-10(14)12(17-8-16-11)15-7-6-9-4-2-1-3-5-9;1-2/h1-5,8H,6-7,14H2,(H,15,16,17);1-2H3. The minimum atomic E-state index is 0.280. The van der Waals surface area contributed by atoms with Crippen molar-refractivity contribution in [1.29, 1.82) is 0 Å². The van der Waals surface area contributed by atoms with Crippen LogP contribution in [0, 0.1) is 0 Å². The third kappa shape index (κ3) is 4.75. The van der Waals surface area contributed by atoms with E-state index in [4.69, 9.17) is 17.3 Å². The predicted molar refractivity (Wildman–Crippen MR) is 81.4 cm³/mol. The molecule has 2 aromatic rings. The second-order valence-electron chi connectivity index (χ2n) is 3.59. The zero-order valence-corrected chi connectivity index (χ0v) is 12.0. The van der Waals surface area contributed by atoms with E-state index in [1.807, 2.05) is 32.0 Å². The smallest absolute Gasteiger partial charge is 0.157 e. The van der Waals surface area contributed by atoms with Gasteiger partial charge in [-0.25, -0.2) is 9.97 Å². The molecular weight excluding hydrogens is 260 g/mol. The normalized spacial score (nSPS) is 9.42. The predicted octanol–water partition coefficient (Wildman–Crippen LogP) is 3.39. The van der Waals surface area contributed by atoms with Gasteiger partial charge >= 0.3 is 0 Å². The summed E-state index contributed by atoms with van der Waals surface area (Å²) in [6.07, 6.45) is 2.30.